The highest BCUT2D eigenvalue weighted by Gasteiger charge is 2.09. The van der Waals surface area contributed by atoms with Gasteiger partial charge in [-0.1, -0.05) is 43.7 Å². The standard InChI is InChI=1S/C21H22N4O2S/c1-2-3-19(22)20-9-8-16(11-24-20)18-10-17(12-25-21(18)23)15-6-4-14(5-7-15)13-28(26)27/h4-12,22H,2-3,13H2,1H3,(H2,23,25)(H,26,27). The molecule has 0 bridgehead atoms. The highest BCUT2D eigenvalue weighted by molar-refractivity contribution is 7.78. The third kappa shape index (κ3) is 4.68. The third-order valence-electron chi connectivity index (χ3n) is 4.38. The van der Waals surface area contributed by atoms with E-state index in [0.717, 1.165) is 34.2 Å². The van der Waals surface area contributed by atoms with Gasteiger partial charge in [-0.05, 0) is 29.7 Å². The van der Waals surface area contributed by atoms with Crippen LogP contribution in [-0.4, -0.2) is 24.4 Å². The molecule has 28 heavy (non-hydrogen) atoms. The molecule has 2 aromatic heterocycles. The fraction of sp³-hybridized carbons (Fsp3) is 0.190. The van der Waals surface area contributed by atoms with E-state index < -0.39 is 11.1 Å². The van der Waals surface area contributed by atoms with E-state index in [2.05, 4.69) is 9.97 Å². The topological polar surface area (TPSA) is 113 Å². The lowest BCUT2D eigenvalue weighted by atomic mass is 10.0. The molecule has 0 aliphatic heterocycles. The quantitative estimate of drug-likeness (QED) is 0.409. The Labute approximate surface area is 166 Å². The van der Waals surface area contributed by atoms with Gasteiger partial charge >= 0.3 is 0 Å². The predicted molar refractivity (Wildman–Crippen MR) is 114 cm³/mol. The molecule has 7 heteroatoms. The summed E-state index contributed by atoms with van der Waals surface area (Å²) in [6, 6.07) is 13.1. The number of nitrogen functional groups attached to an aromatic ring is 1. The monoisotopic (exact) mass is 394 g/mol. The van der Waals surface area contributed by atoms with Gasteiger partial charge in [0, 0.05) is 29.1 Å². The van der Waals surface area contributed by atoms with E-state index in [4.69, 9.17) is 15.7 Å². The summed E-state index contributed by atoms with van der Waals surface area (Å²) in [5.41, 5.74) is 11.5. The van der Waals surface area contributed by atoms with Gasteiger partial charge in [-0.2, -0.15) is 0 Å². The minimum atomic E-state index is -1.86. The maximum atomic E-state index is 10.9. The number of benzene rings is 1. The molecule has 0 aliphatic rings. The third-order valence-corrected chi connectivity index (χ3v) is 4.96. The zero-order valence-corrected chi connectivity index (χ0v) is 16.4. The lowest BCUT2D eigenvalue weighted by Crippen LogP contribution is -2.02. The molecule has 1 aromatic carbocycles. The van der Waals surface area contributed by atoms with Gasteiger partial charge in [0.2, 0.25) is 0 Å². The highest BCUT2D eigenvalue weighted by Crippen LogP contribution is 2.29. The first-order chi connectivity index (χ1) is 13.5. The molecule has 0 aliphatic carbocycles. The molecule has 0 saturated heterocycles. The second kappa shape index (κ2) is 8.86. The summed E-state index contributed by atoms with van der Waals surface area (Å²) >= 11 is -1.86. The van der Waals surface area contributed by atoms with Crippen molar-refractivity contribution in [3.8, 4) is 22.3 Å². The smallest absolute Gasteiger partial charge is 0.157 e. The van der Waals surface area contributed by atoms with Gasteiger partial charge in [0.1, 0.15) is 5.82 Å². The Kier molecular flexibility index (Phi) is 6.28. The zero-order valence-electron chi connectivity index (χ0n) is 15.6. The molecule has 0 saturated carbocycles. The minimum Gasteiger partial charge on any atom is -0.383 e. The van der Waals surface area contributed by atoms with Gasteiger partial charge in [-0.15, -0.1) is 0 Å². The maximum Gasteiger partial charge on any atom is 0.157 e. The van der Waals surface area contributed by atoms with Crippen molar-refractivity contribution in [1.29, 1.82) is 5.41 Å². The van der Waals surface area contributed by atoms with Crippen LogP contribution in [0, 0.1) is 5.41 Å². The van der Waals surface area contributed by atoms with E-state index in [-0.39, 0.29) is 5.75 Å². The van der Waals surface area contributed by atoms with Crippen LogP contribution in [0.15, 0.2) is 54.9 Å². The molecule has 0 fully saturated rings. The first-order valence-electron chi connectivity index (χ1n) is 8.94. The molecular weight excluding hydrogens is 372 g/mol. The van der Waals surface area contributed by atoms with Crippen molar-refractivity contribution < 1.29 is 8.76 Å². The molecule has 3 rings (SSSR count). The van der Waals surface area contributed by atoms with Crippen molar-refractivity contribution in [1.82, 2.24) is 9.97 Å². The average molecular weight is 395 g/mol. The molecule has 6 nitrogen and oxygen atoms in total. The Morgan fingerprint density at radius 1 is 1.07 bits per heavy atom. The number of nitrogens with one attached hydrogen (secondary N) is 1. The van der Waals surface area contributed by atoms with Crippen LogP contribution in [0.5, 0.6) is 0 Å². The fourth-order valence-electron chi connectivity index (χ4n) is 2.91. The molecule has 0 radical (unpaired) electrons. The van der Waals surface area contributed by atoms with Crippen LogP contribution in [0.2, 0.25) is 0 Å². The van der Waals surface area contributed by atoms with E-state index in [9.17, 15) is 4.21 Å². The molecule has 0 amide bonds. The van der Waals surface area contributed by atoms with Crippen LogP contribution in [0.3, 0.4) is 0 Å². The van der Waals surface area contributed by atoms with Gasteiger partial charge in [0.25, 0.3) is 0 Å². The number of aromatic nitrogens is 2. The Bertz CT molecular complexity index is 1000. The summed E-state index contributed by atoms with van der Waals surface area (Å²) in [4.78, 5) is 8.70. The Morgan fingerprint density at radius 2 is 1.75 bits per heavy atom. The normalized spacial score (nSPS) is 11.9. The SMILES string of the molecule is CCCC(=N)c1ccc(-c2cc(-c3ccc(CS(=O)O)cc3)cnc2N)cn1. The van der Waals surface area contributed by atoms with Crippen molar-refractivity contribution >= 4 is 22.6 Å². The average Bonchev–Trinajstić information content (AvgIpc) is 2.69. The molecule has 144 valence electrons. The van der Waals surface area contributed by atoms with Gasteiger partial charge in [0.15, 0.2) is 11.1 Å². The highest BCUT2D eigenvalue weighted by atomic mass is 32.2. The minimum absolute atomic E-state index is 0.108. The van der Waals surface area contributed by atoms with Crippen LogP contribution >= 0.6 is 0 Å². The van der Waals surface area contributed by atoms with Crippen LogP contribution in [0.25, 0.3) is 22.3 Å². The predicted octanol–water partition coefficient (Wildman–Crippen LogP) is 4.28. The lowest BCUT2D eigenvalue weighted by molar-refractivity contribution is 0.563. The van der Waals surface area contributed by atoms with Crippen LogP contribution in [0.4, 0.5) is 5.82 Å². The summed E-state index contributed by atoms with van der Waals surface area (Å²) in [7, 11) is 0. The molecule has 4 N–H and O–H groups in total. The molecule has 1 atom stereocenters. The molecule has 1 unspecified atom stereocenters. The van der Waals surface area contributed by atoms with Crippen molar-refractivity contribution in [2.45, 2.75) is 25.5 Å². The number of hydrogen-bond donors (Lipinski definition) is 3. The van der Waals surface area contributed by atoms with Gasteiger partial charge in [-0.25, -0.2) is 9.19 Å². The summed E-state index contributed by atoms with van der Waals surface area (Å²) in [6.45, 7) is 2.04. The first kappa shape index (κ1) is 19.9. The Balaban J connectivity index is 1.89. The first-order valence-corrected chi connectivity index (χ1v) is 10.2. The number of pyridine rings is 2. The van der Waals surface area contributed by atoms with Crippen molar-refractivity contribution in [2.24, 2.45) is 0 Å². The van der Waals surface area contributed by atoms with Crippen molar-refractivity contribution in [3.63, 3.8) is 0 Å². The summed E-state index contributed by atoms with van der Waals surface area (Å²) in [5.74, 6) is 0.519. The van der Waals surface area contributed by atoms with E-state index in [1.165, 1.54) is 0 Å². The molecule has 0 spiro atoms. The maximum absolute atomic E-state index is 10.9. The Hall–Kier alpha value is -2.90. The van der Waals surface area contributed by atoms with Gasteiger partial charge in [0.05, 0.1) is 17.2 Å². The lowest BCUT2D eigenvalue weighted by Gasteiger charge is -2.10. The zero-order chi connectivity index (χ0) is 20.1. The second-order valence-electron chi connectivity index (χ2n) is 6.48. The van der Waals surface area contributed by atoms with Crippen LogP contribution in [0.1, 0.15) is 31.0 Å². The van der Waals surface area contributed by atoms with E-state index in [1.54, 1.807) is 12.4 Å². The van der Waals surface area contributed by atoms with Gasteiger partial charge in [-0.3, -0.25) is 4.98 Å². The summed E-state index contributed by atoms with van der Waals surface area (Å²) in [6.07, 6.45) is 5.03. The van der Waals surface area contributed by atoms with Crippen molar-refractivity contribution in [2.75, 3.05) is 5.73 Å². The second-order valence-corrected chi connectivity index (χ2v) is 7.41. The molecule has 2 heterocycles. The number of nitrogens with zero attached hydrogens (tertiary/aromatic N) is 2. The molecular formula is C21H22N4O2S. The van der Waals surface area contributed by atoms with Crippen LogP contribution < -0.4 is 5.73 Å². The van der Waals surface area contributed by atoms with E-state index >= 15 is 0 Å². The fourth-order valence-corrected chi connectivity index (χ4v) is 3.39. The van der Waals surface area contributed by atoms with E-state index in [0.29, 0.717) is 23.6 Å². The van der Waals surface area contributed by atoms with Crippen molar-refractivity contribution in [3.05, 3.63) is 66.1 Å². The Morgan fingerprint density at radius 3 is 2.36 bits per heavy atom. The van der Waals surface area contributed by atoms with Gasteiger partial charge < -0.3 is 15.7 Å². The number of rotatable bonds is 7. The van der Waals surface area contributed by atoms with E-state index in [1.807, 2.05) is 49.4 Å². The largest absolute Gasteiger partial charge is 0.383 e. The summed E-state index contributed by atoms with van der Waals surface area (Å²) < 4.78 is 19.9. The number of nitrogens with two attached hydrogens (primary N) is 1. The summed E-state index contributed by atoms with van der Waals surface area (Å²) in [5, 5.41) is 8.02. The van der Waals surface area contributed by atoms with Crippen LogP contribution in [-0.2, 0) is 16.8 Å². The molecule has 3 aromatic rings. The number of hydrogen-bond acceptors (Lipinski definition) is 5. The number of anilines is 1.